The minimum Gasteiger partial charge on any atom is -0.493 e. The number of aryl methyl sites for hydroxylation is 3. The van der Waals surface area contributed by atoms with Crippen LogP contribution in [0.3, 0.4) is 0 Å². The van der Waals surface area contributed by atoms with E-state index in [4.69, 9.17) is 14.5 Å². The van der Waals surface area contributed by atoms with Crippen LogP contribution in [0.4, 0.5) is 0 Å². The number of aliphatic hydroxyl groups is 1. The number of rotatable bonds is 14. The van der Waals surface area contributed by atoms with Gasteiger partial charge in [0.1, 0.15) is 34.7 Å². The number of carbonyl (C=O) groups is 4. The largest absolute Gasteiger partial charge is 0.493 e. The first-order valence-electron chi connectivity index (χ1n) is 23.0. The van der Waals surface area contributed by atoms with Crippen molar-refractivity contribution in [3.05, 3.63) is 123 Å². The predicted octanol–water partition coefficient (Wildman–Crippen LogP) is 7.95. The summed E-state index contributed by atoms with van der Waals surface area (Å²) in [6.45, 7) is 15.5. The van der Waals surface area contributed by atoms with Gasteiger partial charge in [0.25, 0.3) is 0 Å². The Bertz CT molecular complexity index is 2900. The van der Waals surface area contributed by atoms with Crippen molar-refractivity contribution in [3.8, 4) is 32.3 Å². The molecule has 3 amide bonds. The van der Waals surface area contributed by atoms with Gasteiger partial charge >= 0.3 is 5.97 Å². The molecule has 0 aliphatic carbocycles. The monoisotopic (exact) mass is 970 g/mol. The van der Waals surface area contributed by atoms with E-state index >= 15 is 0 Å². The molecule has 1 saturated heterocycles. The lowest BCUT2D eigenvalue weighted by Crippen LogP contribution is -2.58. The fourth-order valence-corrected chi connectivity index (χ4v) is 10.9. The van der Waals surface area contributed by atoms with E-state index in [1.807, 2.05) is 124 Å². The topological polar surface area (TPSA) is 190 Å². The van der Waals surface area contributed by atoms with Gasteiger partial charge in [-0.3, -0.25) is 28.7 Å². The zero-order chi connectivity index (χ0) is 49.3. The second kappa shape index (κ2) is 20.2. The van der Waals surface area contributed by atoms with Crippen LogP contribution >= 0.6 is 22.7 Å². The molecule has 0 bridgehead atoms. The number of likely N-dealkylation sites (tertiary alicyclic amines) is 1. The molecule has 15 nitrogen and oxygen atoms in total. The van der Waals surface area contributed by atoms with Gasteiger partial charge in [0, 0.05) is 29.0 Å². The number of carbonyl (C=O) groups excluding carboxylic acids is 4. The second-order valence-electron chi connectivity index (χ2n) is 18.8. The van der Waals surface area contributed by atoms with Crippen LogP contribution in [0.1, 0.15) is 104 Å². The van der Waals surface area contributed by atoms with Gasteiger partial charge in [-0.25, -0.2) is 4.98 Å². The van der Waals surface area contributed by atoms with Crippen molar-refractivity contribution in [2.75, 3.05) is 20.3 Å². The first-order valence-corrected chi connectivity index (χ1v) is 24.7. The van der Waals surface area contributed by atoms with E-state index < -0.39 is 35.6 Å². The van der Waals surface area contributed by atoms with Gasteiger partial charge in [-0.05, 0) is 80.0 Å². The van der Waals surface area contributed by atoms with Gasteiger partial charge in [-0.1, -0.05) is 81.4 Å². The number of aliphatic hydroxyl groups excluding tert-OH is 1. The first-order chi connectivity index (χ1) is 32.9. The van der Waals surface area contributed by atoms with Crippen molar-refractivity contribution >= 4 is 52.1 Å². The molecule has 3 N–H and O–H groups in total. The number of aromatic nitrogens is 4. The molecule has 69 heavy (non-hydrogen) atoms. The molecule has 360 valence electrons. The number of nitrogens with one attached hydrogen (secondary N) is 2. The van der Waals surface area contributed by atoms with Crippen molar-refractivity contribution in [1.29, 1.82) is 0 Å². The number of nitrogens with zero attached hydrogens (tertiary/aromatic N) is 6. The highest BCUT2D eigenvalue weighted by Crippen LogP contribution is 2.40. The summed E-state index contributed by atoms with van der Waals surface area (Å²) in [5.41, 5.74) is 9.72. The summed E-state index contributed by atoms with van der Waals surface area (Å²) in [4.78, 5) is 67.0. The van der Waals surface area contributed by atoms with Crippen LogP contribution in [0.5, 0.6) is 5.75 Å². The molecule has 2 aliphatic heterocycles. The third kappa shape index (κ3) is 10.4. The summed E-state index contributed by atoms with van der Waals surface area (Å²) in [6.07, 6.45) is -0.779. The average molecular weight is 971 g/mol. The summed E-state index contributed by atoms with van der Waals surface area (Å²) in [5, 5.41) is 26.4. The smallest absolute Gasteiger partial charge is 0.308 e. The van der Waals surface area contributed by atoms with Gasteiger partial charge < -0.3 is 30.1 Å². The Morgan fingerprint density at radius 3 is 2.17 bits per heavy atom. The predicted molar refractivity (Wildman–Crippen MR) is 267 cm³/mol. The maximum atomic E-state index is 14.2. The van der Waals surface area contributed by atoms with E-state index in [0.29, 0.717) is 11.6 Å². The minimum absolute atomic E-state index is 0.0127. The summed E-state index contributed by atoms with van der Waals surface area (Å²) in [6, 6.07) is 20.9. The maximum absolute atomic E-state index is 14.2. The number of fused-ring (bicyclic) bond motifs is 3. The summed E-state index contributed by atoms with van der Waals surface area (Å²) < 4.78 is 13.0. The van der Waals surface area contributed by atoms with Crippen molar-refractivity contribution in [2.45, 2.75) is 105 Å². The molecule has 17 heteroatoms. The molecule has 0 saturated carbocycles. The highest BCUT2D eigenvalue weighted by Gasteiger charge is 2.45. The number of aliphatic imine (C=N–C) groups is 1. The number of esters is 1. The van der Waals surface area contributed by atoms with Crippen LogP contribution < -0.4 is 15.4 Å². The highest BCUT2D eigenvalue weighted by atomic mass is 32.1. The van der Waals surface area contributed by atoms with Gasteiger partial charge in [0.15, 0.2) is 5.82 Å². The molecule has 3 aromatic carbocycles. The number of ether oxygens (including phenoxy) is 2. The van der Waals surface area contributed by atoms with Crippen molar-refractivity contribution < 1.29 is 33.8 Å². The van der Waals surface area contributed by atoms with Gasteiger partial charge in [0.05, 0.1) is 60.5 Å². The van der Waals surface area contributed by atoms with Crippen molar-refractivity contribution in [2.24, 2.45) is 10.4 Å². The molecule has 3 aromatic heterocycles. The van der Waals surface area contributed by atoms with E-state index in [1.54, 1.807) is 22.7 Å². The number of thiazole rings is 1. The van der Waals surface area contributed by atoms with Crippen molar-refractivity contribution in [3.63, 3.8) is 0 Å². The molecule has 0 radical (unpaired) electrons. The molecule has 5 atom stereocenters. The van der Waals surface area contributed by atoms with Crippen LogP contribution in [-0.2, 0) is 23.9 Å². The maximum Gasteiger partial charge on any atom is 0.308 e. The number of hydrogen-bond donors (Lipinski definition) is 3. The Morgan fingerprint density at radius 2 is 1.54 bits per heavy atom. The molecular formula is C52H58N8O7S2. The second-order valence-corrected chi connectivity index (χ2v) is 20.8. The fraction of sp³-hybridized carbons (Fsp3) is 0.385. The Kier molecular flexibility index (Phi) is 14.3. The minimum atomic E-state index is -0.960. The number of benzene rings is 3. The first kappa shape index (κ1) is 48.9. The lowest BCUT2D eigenvalue weighted by Gasteiger charge is -2.35. The number of amides is 3. The number of thiophene rings is 1. The van der Waals surface area contributed by atoms with E-state index in [2.05, 4.69) is 39.7 Å². The lowest BCUT2D eigenvalue weighted by atomic mass is 9.85. The van der Waals surface area contributed by atoms with Crippen LogP contribution in [-0.4, -0.2) is 97.6 Å². The zero-order valence-electron chi connectivity index (χ0n) is 40.3. The van der Waals surface area contributed by atoms with E-state index in [0.717, 1.165) is 70.9 Å². The van der Waals surface area contributed by atoms with E-state index in [9.17, 15) is 24.3 Å². The average Bonchev–Trinajstić information content (AvgIpc) is 4.10. The number of β-amino-alcohol motifs (C(OH)–C–C–N with tert-alkyl or cyclic N) is 1. The SMILES string of the molecule is COC(=O)C[C@@H]1N=C(c2ccc(-c3ccc(OCCC(=O)N[C@H](C(=O)N4C[C@H](O)C[C@H]4C(=O)N[C@@H](C)c4ccc(-c5scnc5C)cc4)C(C)(C)C)cc3)cc2)c2c(sc(C)c2C)-n2c(C)nnc21. The third-order valence-electron chi connectivity index (χ3n) is 12.8. The summed E-state index contributed by atoms with van der Waals surface area (Å²) in [5.74, 6) is 0.335. The fourth-order valence-electron chi connectivity index (χ4n) is 8.84. The zero-order valence-corrected chi connectivity index (χ0v) is 42.0. The standard InChI is InChI=1S/C52H58N8O7S2/c1-28-31(4)69-51-44(28)45(55-40(25-43(63)66-9)48-58-57-32(5)60(48)51)36-14-12-34(13-15-36)35-18-20-39(21-19-35)67-23-22-42(62)56-47(52(6,7)8)50(65)59-26-38(61)24-41(59)49(64)54-29(2)33-10-16-37(17-11-33)46-30(3)53-27-68-46/h10-21,27,29,38,40-41,47,61H,22-26H2,1-9H3,(H,54,64)(H,56,62)/t29-,38+,40-,41-,47+/m0/s1. The Morgan fingerprint density at radius 1 is 0.884 bits per heavy atom. The Balaban J connectivity index is 0.878. The number of methoxy groups -OCH3 is 1. The molecule has 8 rings (SSSR count). The van der Waals surface area contributed by atoms with Crippen LogP contribution in [0.25, 0.3) is 26.6 Å². The molecule has 5 heterocycles. The molecular weight excluding hydrogens is 913 g/mol. The van der Waals surface area contributed by atoms with E-state index in [1.165, 1.54) is 12.0 Å². The van der Waals surface area contributed by atoms with E-state index in [-0.39, 0.29) is 56.2 Å². The molecule has 6 aromatic rings. The third-order valence-corrected chi connectivity index (χ3v) is 15.0. The van der Waals surface area contributed by atoms with Crippen LogP contribution in [0.2, 0.25) is 0 Å². The van der Waals surface area contributed by atoms with Crippen molar-refractivity contribution in [1.82, 2.24) is 35.3 Å². The summed E-state index contributed by atoms with van der Waals surface area (Å²) >= 11 is 3.23. The quantitative estimate of drug-likeness (QED) is 0.0904. The molecule has 0 spiro atoms. The number of hydrogen-bond acceptors (Lipinski definition) is 13. The molecule has 1 fully saturated rings. The van der Waals surface area contributed by atoms with Gasteiger partial charge in [-0.15, -0.1) is 32.9 Å². The van der Waals surface area contributed by atoms with Gasteiger partial charge in [0.2, 0.25) is 17.7 Å². The van der Waals surface area contributed by atoms with Crippen LogP contribution in [0, 0.1) is 33.1 Å². The highest BCUT2D eigenvalue weighted by molar-refractivity contribution is 7.15. The van der Waals surface area contributed by atoms with Gasteiger partial charge in [-0.2, -0.15) is 0 Å². The van der Waals surface area contributed by atoms with Crippen LogP contribution in [0.15, 0.2) is 83.3 Å². The molecule has 2 aliphatic rings. The Labute approximate surface area is 410 Å². The Hall–Kier alpha value is -6.56. The molecule has 0 unspecified atom stereocenters. The lowest BCUT2D eigenvalue weighted by molar-refractivity contribution is -0.144. The normalized spacial score (nSPS) is 17.5. The summed E-state index contributed by atoms with van der Waals surface area (Å²) in [7, 11) is 1.37.